The van der Waals surface area contributed by atoms with Gasteiger partial charge in [-0.3, -0.25) is 0 Å². The van der Waals surface area contributed by atoms with Crippen molar-refractivity contribution in [2.45, 2.75) is 18.9 Å². The highest BCUT2D eigenvalue weighted by Gasteiger charge is 2.15. The fourth-order valence-corrected chi connectivity index (χ4v) is 2.92. The topological polar surface area (TPSA) is 21.3 Å². The normalized spacial score (nSPS) is 19.3. The summed E-state index contributed by atoms with van der Waals surface area (Å²) in [5.74, 6) is 0. The Morgan fingerprint density at radius 1 is 1.17 bits per heavy atom. The zero-order valence-corrected chi connectivity index (χ0v) is 11.7. The van der Waals surface area contributed by atoms with E-state index < -0.39 is 0 Å². The Balaban J connectivity index is 1.85. The highest BCUT2D eigenvalue weighted by Crippen LogP contribution is 2.30. The number of fused-ring (bicyclic) bond motifs is 1. The zero-order chi connectivity index (χ0) is 12.4. The van der Waals surface area contributed by atoms with Crippen LogP contribution in [-0.2, 0) is 4.74 Å². The van der Waals surface area contributed by atoms with Gasteiger partial charge in [-0.15, -0.1) is 0 Å². The van der Waals surface area contributed by atoms with E-state index in [2.05, 4.69) is 57.6 Å². The average molecular weight is 306 g/mol. The van der Waals surface area contributed by atoms with Gasteiger partial charge in [0.15, 0.2) is 0 Å². The predicted octanol–water partition coefficient (Wildman–Crippen LogP) is 4.19. The molecule has 0 amide bonds. The number of halogens is 1. The van der Waals surface area contributed by atoms with Crippen LogP contribution in [0.2, 0.25) is 0 Å². The molecule has 1 saturated heterocycles. The second kappa shape index (κ2) is 5.29. The molecule has 1 atom stereocenters. The van der Waals surface area contributed by atoms with Crippen molar-refractivity contribution in [2.24, 2.45) is 0 Å². The quantitative estimate of drug-likeness (QED) is 0.918. The molecule has 1 aliphatic heterocycles. The zero-order valence-electron chi connectivity index (χ0n) is 10.2. The molecular weight excluding hydrogens is 290 g/mol. The summed E-state index contributed by atoms with van der Waals surface area (Å²) in [6.07, 6.45) is 2.72. The van der Waals surface area contributed by atoms with Gasteiger partial charge in [-0.1, -0.05) is 40.2 Å². The summed E-state index contributed by atoms with van der Waals surface area (Å²) in [7, 11) is 0. The molecule has 1 fully saturated rings. The molecule has 2 aromatic carbocycles. The lowest BCUT2D eigenvalue weighted by Crippen LogP contribution is -2.18. The van der Waals surface area contributed by atoms with E-state index >= 15 is 0 Å². The summed E-state index contributed by atoms with van der Waals surface area (Å²) in [4.78, 5) is 0. The Hall–Kier alpha value is -1.06. The molecule has 3 heteroatoms. The number of anilines is 1. The molecule has 1 unspecified atom stereocenters. The third-order valence-corrected chi connectivity index (χ3v) is 4.11. The minimum Gasteiger partial charge on any atom is -0.382 e. The average Bonchev–Trinajstić information content (AvgIpc) is 2.92. The van der Waals surface area contributed by atoms with Gasteiger partial charge in [0.2, 0.25) is 0 Å². The number of ether oxygens (including phenoxy) is 1. The van der Waals surface area contributed by atoms with E-state index in [1.54, 1.807) is 0 Å². The first-order chi connectivity index (χ1) is 8.84. The number of benzene rings is 2. The van der Waals surface area contributed by atoms with Crippen molar-refractivity contribution < 1.29 is 4.74 Å². The van der Waals surface area contributed by atoms with E-state index in [4.69, 9.17) is 4.74 Å². The van der Waals surface area contributed by atoms with Crippen molar-refractivity contribution in [3.8, 4) is 0 Å². The molecule has 2 nitrogen and oxygen atoms in total. The molecule has 2 aromatic rings. The van der Waals surface area contributed by atoms with Gasteiger partial charge < -0.3 is 10.1 Å². The number of hydrogen-bond acceptors (Lipinski definition) is 2. The molecule has 0 bridgehead atoms. The molecule has 0 spiro atoms. The van der Waals surface area contributed by atoms with E-state index in [-0.39, 0.29) is 0 Å². The maximum atomic E-state index is 5.64. The smallest absolute Gasteiger partial charge is 0.0748 e. The summed E-state index contributed by atoms with van der Waals surface area (Å²) in [5.41, 5.74) is 1.18. The van der Waals surface area contributed by atoms with Crippen LogP contribution in [0.4, 0.5) is 5.69 Å². The van der Waals surface area contributed by atoms with Gasteiger partial charge in [-0.05, 0) is 30.4 Å². The monoisotopic (exact) mass is 305 g/mol. The van der Waals surface area contributed by atoms with Gasteiger partial charge in [0.25, 0.3) is 0 Å². The molecule has 94 valence electrons. The summed E-state index contributed by atoms with van der Waals surface area (Å²) in [6.45, 7) is 1.80. The van der Waals surface area contributed by atoms with Crippen LogP contribution < -0.4 is 5.32 Å². The molecular formula is C15H16BrNO. The van der Waals surface area contributed by atoms with Crippen LogP contribution >= 0.6 is 15.9 Å². The predicted molar refractivity (Wildman–Crippen MR) is 79.1 cm³/mol. The first-order valence-corrected chi connectivity index (χ1v) is 7.16. The Morgan fingerprint density at radius 3 is 2.78 bits per heavy atom. The van der Waals surface area contributed by atoms with E-state index in [1.807, 2.05) is 0 Å². The maximum absolute atomic E-state index is 5.64. The Kier molecular flexibility index (Phi) is 3.52. The lowest BCUT2D eigenvalue weighted by Gasteiger charge is -2.14. The van der Waals surface area contributed by atoms with Gasteiger partial charge >= 0.3 is 0 Å². The Morgan fingerprint density at radius 2 is 2.00 bits per heavy atom. The number of hydrogen-bond donors (Lipinski definition) is 1. The largest absolute Gasteiger partial charge is 0.382 e. The molecule has 0 saturated carbocycles. The molecule has 0 aliphatic carbocycles. The molecule has 0 radical (unpaired) electrons. The van der Waals surface area contributed by atoms with E-state index in [9.17, 15) is 0 Å². The summed E-state index contributed by atoms with van der Waals surface area (Å²) >= 11 is 3.60. The lowest BCUT2D eigenvalue weighted by molar-refractivity contribution is 0.120. The van der Waals surface area contributed by atoms with Gasteiger partial charge in [0, 0.05) is 28.7 Å². The van der Waals surface area contributed by atoms with Gasteiger partial charge in [-0.2, -0.15) is 0 Å². The SMILES string of the molecule is Brc1ccc(NCC2CCCO2)c2ccccc12. The van der Waals surface area contributed by atoms with E-state index in [0.29, 0.717) is 6.10 Å². The molecule has 1 N–H and O–H groups in total. The van der Waals surface area contributed by atoms with Crippen LogP contribution in [0.3, 0.4) is 0 Å². The van der Waals surface area contributed by atoms with Crippen molar-refractivity contribution in [3.05, 3.63) is 40.9 Å². The Bertz CT molecular complexity index is 549. The maximum Gasteiger partial charge on any atom is 0.0748 e. The van der Waals surface area contributed by atoms with Crippen LogP contribution in [0.1, 0.15) is 12.8 Å². The van der Waals surface area contributed by atoms with Crippen LogP contribution in [0, 0.1) is 0 Å². The van der Waals surface area contributed by atoms with Crippen molar-refractivity contribution in [2.75, 3.05) is 18.5 Å². The first-order valence-electron chi connectivity index (χ1n) is 6.37. The Labute approximate surface area is 115 Å². The van der Waals surface area contributed by atoms with Crippen molar-refractivity contribution >= 4 is 32.4 Å². The van der Waals surface area contributed by atoms with Gasteiger partial charge in [-0.25, -0.2) is 0 Å². The number of nitrogens with one attached hydrogen (secondary N) is 1. The summed E-state index contributed by atoms with van der Waals surface area (Å²) in [5, 5.41) is 6.01. The molecule has 18 heavy (non-hydrogen) atoms. The fourth-order valence-electron chi connectivity index (χ4n) is 2.45. The molecule has 1 heterocycles. The minimum atomic E-state index is 0.368. The highest BCUT2D eigenvalue weighted by molar-refractivity contribution is 9.10. The minimum absolute atomic E-state index is 0.368. The standard InChI is InChI=1S/C15H16BrNO/c16-14-7-8-15(13-6-2-1-5-12(13)14)17-10-11-4-3-9-18-11/h1-2,5-8,11,17H,3-4,9-10H2. The molecule has 1 aliphatic rings. The van der Waals surface area contributed by atoms with Crippen molar-refractivity contribution in [1.82, 2.24) is 0 Å². The van der Waals surface area contributed by atoms with Crippen LogP contribution in [0.15, 0.2) is 40.9 Å². The van der Waals surface area contributed by atoms with Crippen molar-refractivity contribution in [1.29, 1.82) is 0 Å². The van der Waals surface area contributed by atoms with Crippen molar-refractivity contribution in [3.63, 3.8) is 0 Å². The third kappa shape index (κ3) is 2.38. The summed E-state index contributed by atoms with van der Waals surface area (Å²) in [6, 6.07) is 12.7. The van der Waals surface area contributed by atoms with E-state index in [0.717, 1.165) is 17.6 Å². The second-order valence-electron chi connectivity index (χ2n) is 4.66. The van der Waals surface area contributed by atoms with Crippen LogP contribution in [0.5, 0.6) is 0 Å². The van der Waals surface area contributed by atoms with Gasteiger partial charge in [0.05, 0.1) is 6.10 Å². The molecule has 0 aromatic heterocycles. The third-order valence-electron chi connectivity index (χ3n) is 3.42. The highest BCUT2D eigenvalue weighted by atomic mass is 79.9. The van der Waals surface area contributed by atoms with Gasteiger partial charge in [0.1, 0.15) is 0 Å². The summed E-state index contributed by atoms with van der Waals surface area (Å²) < 4.78 is 6.78. The van der Waals surface area contributed by atoms with E-state index in [1.165, 1.54) is 29.3 Å². The second-order valence-corrected chi connectivity index (χ2v) is 5.51. The molecule has 3 rings (SSSR count). The first kappa shape index (κ1) is 12.0. The van der Waals surface area contributed by atoms with Crippen LogP contribution in [0.25, 0.3) is 10.8 Å². The fraction of sp³-hybridized carbons (Fsp3) is 0.333. The lowest BCUT2D eigenvalue weighted by atomic mass is 10.1. The van der Waals surface area contributed by atoms with Crippen LogP contribution in [-0.4, -0.2) is 19.3 Å². The number of rotatable bonds is 3.